The zero-order valence-electron chi connectivity index (χ0n) is 33.1. The lowest BCUT2D eigenvalue weighted by atomic mass is 9.63. The molecule has 0 radical (unpaired) electrons. The molecule has 0 amide bonds. The van der Waals surface area contributed by atoms with Crippen molar-refractivity contribution in [3.05, 3.63) is 23.4 Å². The summed E-state index contributed by atoms with van der Waals surface area (Å²) in [4.78, 5) is 0. The Morgan fingerprint density at radius 2 is 0.800 bits per heavy atom. The van der Waals surface area contributed by atoms with Crippen LogP contribution < -0.4 is 0 Å². The molecule has 0 bridgehead atoms. The fraction of sp³-hybridized carbons (Fsp3) is 0.907. The highest BCUT2D eigenvalue weighted by Gasteiger charge is 2.61. The monoisotopic (exact) mass is 631 g/mol. The van der Waals surface area contributed by atoms with Crippen molar-refractivity contribution in [2.45, 2.75) is 210 Å². The van der Waals surface area contributed by atoms with E-state index in [0.717, 1.165) is 0 Å². The molecule has 0 N–H and O–H groups in total. The standard InChI is InChI=1S/C43H86N2/c1-11-18-19-20-21-22-23-24-25-26-27-28-29-30-31-40-38-41(44(32-12-2,33-13-3)34-14-4)42(8,9)43(10,39-40)45(35-15-5,36-16-6)37-17-7/h38-39H,11-37H2,1-10H3/q+2. The Morgan fingerprint density at radius 1 is 0.444 bits per heavy atom. The van der Waals surface area contributed by atoms with Gasteiger partial charge >= 0.3 is 0 Å². The fourth-order valence-corrected chi connectivity index (χ4v) is 9.62. The molecule has 0 aliphatic heterocycles. The Morgan fingerprint density at radius 3 is 1.16 bits per heavy atom. The van der Waals surface area contributed by atoms with Gasteiger partial charge in [0, 0.05) is 0 Å². The maximum atomic E-state index is 2.85. The highest BCUT2D eigenvalue weighted by molar-refractivity contribution is 5.36. The minimum Gasteiger partial charge on any atom is -0.315 e. The molecule has 1 atom stereocenters. The molecule has 1 aliphatic rings. The summed E-state index contributed by atoms with van der Waals surface area (Å²) in [5.74, 6) is 0. The van der Waals surface area contributed by atoms with Crippen molar-refractivity contribution in [1.29, 1.82) is 0 Å². The van der Waals surface area contributed by atoms with Crippen LogP contribution in [-0.2, 0) is 0 Å². The lowest BCUT2D eigenvalue weighted by Crippen LogP contribution is -2.72. The van der Waals surface area contributed by atoms with Gasteiger partial charge in [-0.25, -0.2) is 0 Å². The number of rotatable bonds is 29. The van der Waals surface area contributed by atoms with Crippen molar-refractivity contribution in [2.24, 2.45) is 5.41 Å². The third kappa shape index (κ3) is 12.1. The van der Waals surface area contributed by atoms with Gasteiger partial charge in [0.15, 0.2) is 0 Å². The molecule has 2 heteroatoms. The smallest absolute Gasteiger partial charge is 0.130 e. The van der Waals surface area contributed by atoms with Crippen LogP contribution in [0.1, 0.15) is 204 Å². The molecule has 1 aliphatic carbocycles. The van der Waals surface area contributed by atoms with E-state index in [1.54, 1.807) is 11.3 Å². The van der Waals surface area contributed by atoms with Crippen LogP contribution in [0, 0.1) is 5.41 Å². The van der Waals surface area contributed by atoms with Crippen LogP contribution in [0.2, 0.25) is 0 Å². The lowest BCUT2D eigenvalue weighted by molar-refractivity contribution is -0.980. The van der Waals surface area contributed by atoms with Gasteiger partial charge in [0.1, 0.15) is 11.2 Å². The molecule has 0 aromatic rings. The number of hydrogen-bond acceptors (Lipinski definition) is 0. The zero-order valence-corrected chi connectivity index (χ0v) is 33.1. The van der Waals surface area contributed by atoms with E-state index in [-0.39, 0.29) is 11.0 Å². The zero-order chi connectivity index (χ0) is 33.7. The van der Waals surface area contributed by atoms with E-state index >= 15 is 0 Å². The third-order valence-electron chi connectivity index (χ3n) is 11.9. The molecular weight excluding hydrogens is 544 g/mol. The van der Waals surface area contributed by atoms with E-state index in [1.807, 2.05) is 0 Å². The van der Waals surface area contributed by atoms with Crippen LogP contribution in [0.3, 0.4) is 0 Å². The first-order valence-electron chi connectivity index (χ1n) is 20.8. The molecule has 0 saturated heterocycles. The van der Waals surface area contributed by atoms with Gasteiger partial charge in [-0.1, -0.05) is 132 Å². The normalized spacial score (nSPS) is 18.7. The minimum absolute atomic E-state index is 0.114. The van der Waals surface area contributed by atoms with E-state index in [2.05, 4.69) is 81.4 Å². The SMILES string of the molecule is CCCCCCCCCCCCCCCCC1=CC(C)([N+](CCC)(CCC)CCC)C(C)(C)C([N+](CCC)(CCC)CCC)=C1. The largest absolute Gasteiger partial charge is 0.315 e. The molecule has 0 fully saturated rings. The number of quaternary nitrogens is 2. The average Bonchev–Trinajstić information content (AvgIpc) is 2.99. The maximum absolute atomic E-state index is 2.85. The maximum Gasteiger partial charge on any atom is 0.130 e. The Labute approximate surface area is 286 Å². The molecule has 266 valence electrons. The molecule has 0 spiro atoms. The van der Waals surface area contributed by atoms with E-state index in [9.17, 15) is 0 Å². The van der Waals surface area contributed by atoms with Crippen molar-refractivity contribution in [1.82, 2.24) is 0 Å². The molecule has 1 rings (SSSR count). The van der Waals surface area contributed by atoms with Gasteiger partial charge in [0.05, 0.1) is 44.7 Å². The Balaban J connectivity index is 3.12. The first-order chi connectivity index (χ1) is 21.6. The van der Waals surface area contributed by atoms with Gasteiger partial charge in [-0.2, -0.15) is 0 Å². The molecule has 0 aromatic carbocycles. The number of allylic oxidation sites excluding steroid dienone is 2. The van der Waals surface area contributed by atoms with Crippen LogP contribution >= 0.6 is 0 Å². The Bertz CT molecular complexity index is 771. The summed E-state index contributed by atoms with van der Waals surface area (Å²) in [5.41, 5.74) is 3.67. The number of nitrogens with zero attached hydrogens (tertiary/aromatic N) is 2. The molecular formula is C43H86N2+2. The summed E-state index contributed by atoms with van der Waals surface area (Å²) in [6.07, 6.45) is 34.6. The highest BCUT2D eigenvalue weighted by Crippen LogP contribution is 2.54. The first kappa shape index (κ1) is 42.4. The van der Waals surface area contributed by atoms with Crippen molar-refractivity contribution in [3.8, 4) is 0 Å². The predicted octanol–water partition coefficient (Wildman–Crippen LogP) is 13.6. The Hall–Kier alpha value is -0.600. The number of hydrogen-bond donors (Lipinski definition) is 0. The number of unbranched alkanes of at least 4 members (excludes halogenated alkanes) is 13. The van der Waals surface area contributed by atoms with Gasteiger partial charge in [0.2, 0.25) is 0 Å². The first-order valence-corrected chi connectivity index (χ1v) is 20.8. The van der Waals surface area contributed by atoms with Crippen LogP contribution in [0.4, 0.5) is 0 Å². The van der Waals surface area contributed by atoms with Crippen LogP contribution in [0.25, 0.3) is 0 Å². The molecule has 0 heterocycles. The van der Waals surface area contributed by atoms with Gasteiger partial charge in [-0.15, -0.1) is 0 Å². The minimum atomic E-state index is 0.114. The van der Waals surface area contributed by atoms with Gasteiger partial charge < -0.3 is 4.48 Å². The molecule has 0 saturated carbocycles. The summed E-state index contributed by atoms with van der Waals surface area (Å²) in [6, 6.07) is 0. The average molecular weight is 631 g/mol. The fourth-order valence-electron chi connectivity index (χ4n) is 9.62. The summed E-state index contributed by atoms with van der Waals surface area (Å²) >= 11 is 0. The van der Waals surface area contributed by atoms with Crippen LogP contribution in [0.15, 0.2) is 23.4 Å². The molecule has 0 aromatic heterocycles. The molecule has 2 nitrogen and oxygen atoms in total. The topological polar surface area (TPSA) is 0 Å². The van der Waals surface area contributed by atoms with Crippen LogP contribution in [-0.4, -0.2) is 53.8 Å². The van der Waals surface area contributed by atoms with Crippen molar-refractivity contribution < 1.29 is 8.97 Å². The molecule has 1 unspecified atom stereocenters. The van der Waals surface area contributed by atoms with Crippen LogP contribution in [0.5, 0.6) is 0 Å². The van der Waals surface area contributed by atoms with E-state index in [1.165, 1.54) is 183 Å². The second-order valence-corrected chi connectivity index (χ2v) is 16.0. The van der Waals surface area contributed by atoms with Gasteiger partial charge in [-0.3, -0.25) is 4.48 Å². The Kier molecular flexibility index (Phi) is 21.6. The summed E-state index contributed by atoms with van der Waals surface area (Å²) in [6.45, 7) is 32.6. The van der Waals surface area contributed by atoms with Crippen molar-refractivity contribution in [3.63, 3.8) is 0 Å². The highest BCUT2D eigenvalue weighted by atomic mass is 15.4. The predicted molar refractivity (Wildman–Crippen MR) is 205 cm³/mol. The quantitative estimate of drug-likeness (QED) is 0.0570. The van der Waals surface area contributed by atoms with E-state index in [0.29, 0.717) is 0 Å². The summed E-state index contributed by atoms with van der Waals surface area (Å²) < 4.78 is 2.47. The third-order valence-corrected chi connectivity index (χ3v) is 11.9. The van der Waals surface area contributed by atoms with Gasteiger partial charge in [0.25, 0.3) is 0 Å². The second-order valence-electron chi connectivity index (χ2n) is 16.0. The summed E-state index contributed by atoms with van der Waals surface area (Å²) in [5, 5.41) is 0. The van der Waals surface area contributed by atoms with Gasteiger partial charge in [-0.05, 0) is 89.9 Å². The van der Waals surface area contributed by atoms with E-state index < -0.39 is 0 Å². The van der Waals surface area contributed by atoms with Crippen molar-refractivity contribution in [2.75, 3.05) is 39.3 Å². The van der Waals surface area contributed by atoms with E-state index in [4.69, 9.17) is 0 Å². The molecule has 45 heavy (non-hydrogen) atoms. The van der Waals surface area contributed by atoms with Crippen molar-refractivity contribution >= 4 is 0 Å². The lowest BCUT2D eigenvalue weighted by Gasteiger charge is -2.61. The summed E-state index contributed by atoms with van der Waals surface area (Å²) in [7, 11) is 0. The second kappa shape index (κ2) is 22.9.